The van der Waals surface area contributed by atoms with Crippen LogP contribution in [0, 0.1) is 77.6 Å². The number of fused-ring (bicyclic) bond motifs is 1. The SMILES string of the molecule is CC.CC.CC.Cc1cc(C)c(N)c(N)c1.Cc1cc(C)c2nc(-c3cnc(NCCCC4CCN(C)CC4)nc3C)[nH]c2c1.Cc1nc(NCCCC2CCN(C)CC2)ncc1C#N.Cc1nc(NCCCC2CCN(C)CC2)ncc1C=O.O=C1CCC(=O)O1.[B]B([B])B(B([B])[B])B(B(B([B])[B])B([B])[B])B(B([B])[B])B([B])[B]. The van der Waals surface area contributed by atoms with Gasteiger partial charge in [-0.15, -0.1) is 0 Å². The molecule has 0 atom stereocenters. The van der Waals surface area contributed by atoms with Crippen LogP contribution in [0.1, 0.15) is 187 Å². The molecule has 0 unspecified atom stereocenters. The maximum atomic E-state index is 10.7. The maximum absolute atomic E-state index is 10.7. The van der Waals surface area contributed by atoms with Gasteiger partial charge in [0.2, 0.25) is 17.8 Å². The molecule has 4 fully saturated rings. The number of H-pyrrole nitrogens is 1. The van der Waals surface area contributed by atoms with Crippen LogP contribution in [-0.2, 0) is 14.3 Å². The molecule has 4 aliphatic heterocycles. The topological polar surface area (TPSA) is 288 Å². The van der Waals surface area contributed by atoms with Crippen molar-refractivity contribution in [1.82, 2.24) is 54.6 Å². The molecule has 4 aliphatic rings. The number of aryl methyl sites for hydroxylation is 7. The molecule has 8 N–H and O–H groups in total. The highest BCUT2D eigenvalue weighted by molar-refractivity contribution is 8.22. The molecule has 0 bridgehead atoms. The average molecular weight is 1510 g/mol. The number of nitrogens with two attached hydrogens (primary N) is 2. The molecule has 21 nitrogen and oxygen atoms in total. The fraction of sp³-hybridized carbons (Fsp3) is 0.592. The van der Waals surface area contributed by atoms with Gasteiger partial charge in [-0.05, 0) is 238 Å². The minimum Gasteiger partial charge on any atom is -0.397 e. The summed E-state index contributed by atoms with van der Waals surface area (Å²) in [5, 5.41) is 18.7. The summed E-state index contributed by atoms with van der Waals surface area (Å²) >= 11 is 0. The fourth-order valence-electron chi connectivity index (χ4n) is 14.1. The van der Waals surface area contributed by atoms with Crippen molar-refractivity contribution in [2.75, 3.05) is 107 Å². The number of esters is 2. The van der Waals surface area contributed by atoms with E-state index < -0.39 is 75.8 Å². The lowest BCUT2D eigenvalue weighted by atomic mass is 8.36. The van der Waals surface area contributed by atoms with E-state index in [0.29, 0.717) is 40.3 Å². The lowest BCUT2D eigenvalue weighted by Gasteiger charge is -2.45. The Morgan fingerprint density at radius 3 is 1.20 bits per heavy atom. The van der Waals surface area contributed by atoms with E-state index in [-0.39, 0.29) is 12.8 Å². The monoisotopic (exact) mass is 1510 g/mol. The minimum absolute atomic E-state index is 0.263. The average Bonchev–Trinajstić information content (AvgIpc) is 1.53. The molecule has 43 heteroatoms. The number of anilines is 5. The highest BCUT2D eigenvalue weighted by atomic mass is 16.6. The van der Waals surface area contributed by atoms with Gasteiger partial charge < -0.3 is 51.8 Å². The number of cyclic esters (lactones) is 2. The van der Waals surface area contributed by atoms with Crippen LogP contribution in [0.25, 0.3) is 22.4 Å². The van der Waals surface area contributed by atoms with Gasteiger partial charge in [-0.2, -0.15) is 5.26 Å². The quantitative estimate of drug-likeness (QED) is 0.0106. The molecule has 572 valence electrons. The van der Waals surface area contributed by atoms with Crippen LogP contribution in [0.4, 0.5) is 29.2 Å². The summed E-state index contributed by atoms with van der Waals surface area (Å²) in [4.78, 5) is 72.2. The first kappa shape index (κ1) is 104. The Hall–Kier alpha value is -6.24. The van der Waals surface area contributed by atoms with E-state index in [9.17, 15) is 14.4 Å². The normalized spacial score (nSPS) is 14.0. The number of aromatic amines is 1. The fourth-order valence-corrected chi connectivity index (χ4v) is 14.1. The first-order valence-corrected chi connectivity index (χ1v) is 40.7. The van der Waals surface area contributed by atoms with Crippen molar-refractivity contribution in [3.8, 4) is 17.5 Å². The van der Waals surface area contributed by atoms with Crippen molar-refractivity contribution in [3.05, 3.63) is 93.3 Å². The first-order chi connectivity index (χ1) is 54.2. The third-order valence-corrected chi connectivity index (χ3v) is 20.5. The molecule has 4 aromatic heterocycles. The van der Waals surface area contributed by atoms with E-state index >= 15 is 0 Å². The zero-order valence-corrected chi connectivity index (χ0v) is 71.5. The number of nitrogens with zero attached hydrogens (tertiary/aromatic N) is 11. The lowest BCUT2D eigenvalue weighted by Crippen LogP contribution is -2.83. The number of nitrogen functional groups attached to an aromatic ring is 2. The minimum atomic E-state index is -0.926. The Bertz CT molecular complexity index is 3690. The summed E-state index contributed by atoms with van der Waals surface area (Å²) in [6.45, 7) is 36.0. The predicted molar refractivity (Wildman–Crippen MR) is 505 cm³/mol. The van der Waals surface area contributed by atoms with Crippen LogP contribution in [0.5, 0.6) is 0 Å². The van der Waals surface area contributed by atoms with Crippen molar-refractivity contribution >= 4 is 215 Å². The molecule has 6 aromatic rings. The number of aromatic nitrogens is 8. The molecule has 2 aromatic carbocycles. The van der Waals surface area contributed by atoms with E-state index in [1.54, 1.807) is 12.4 Å². The van der Waals surface area contributed by atoms with Gasteiger partial charge in [0.25, 0.3) is 0 Å². The van der Waals surface area contributed by atoms with Crippen LogP contribution in [0.15, 0.2) is 42.9 Å². The number of piperidine rings is 3. The molecule has 24 radical (unpaired) electrons. The van der Waals surface area contributed by atoms with Crippen LogP contribution in [0.2, 0.25) is 0 Å². The van der Waals surface area contributed by atoms with Gasteiger partial charge in [0.05, 0.1) is 75.2 Å². The Morgan fingerprint density at radius 1 is 0.509 bits per heavy atom. The van der Waals surface area contributed by atoms with Crippen LogP contribution in [-0.4, -0.2) is 310 Å². The second-order valence-electron chi connectivity index (χ2n) is 29.6. The van der Waals surface area contributed by atoms with Gasteiger partial charge in [-0.3, -0.25) is 14.4 Å². The van der Waals surface area contributed by atoms with Crippen molar-refractivity contribution in [3.63, 3.8) is 0 Å². The predicted octanol–water partition coefficient (Wildman–Crippen LogP) is 4.82. The summed E-state index contributed by atoms with van der Waals surface area (Å²) < 4.78 is 4.08. The number of hydrogen-bond acceptors (Lipinski definition) is 20. The van der Waals surface area contributed by atoms with Crippen molar-refractivity contribution < 1.29 is 19.1 Å². The van der Waals surface area contributed by atoms with Gasteiger partial charge >= 0.3 is 11.9 Å². The number of nitriles is 1. The highest BCUT2D eigenvalue weighted by Gasteiger charge is 2.47. The number of benzene rings is 2. The smallest absolute Gasteiger partial charge is 0.314 e. The number of ether oxygens (including phenoxy) is 1. The van der Waals surface area contributed by atoms with Gasteiger partial charge in [-0.1, -0.05) is 53.7 Å². The number of hydrogen-bond donors (Lipinski definition) is 6. The van der Waals surface area contributed by atoms with Crippen molar-refractivity contribution in [1.29, 1.82) is 5.26 Å². The summed E-state index contributed by atoms with van der Waals surface area (Å²) in [5.41, 5.74) is 23.8. The molecule has 0 amide bonds. The van der Waals surface area contributed by atoms with E-state index in [1.165, 1.54) is 115 Å². The second-order valence-corrected chi connectivity index (χ2v) is 29.6. The molecule has 114 heavy (non-hydrogen) atoms. The molecule has 0 spiro atoms. The number of aldehydes is 1. The first-order valence-electron chi connectivity index (χ1n) is 40.7. The van der Waals surface area contributed by atoms with Gasteiger partial charge in [-0.25, -0.2) is 34.9 Å². The van der Waals surface area contributed by atoms with Crippen molar-refractivity contribution in [2.45, 2.75) is 180 Å². The summed E-state index contributed by atoms with van der Waals surface area (Å²) in [6, 6.07) is 10.3. The summed E-state index contributed by atoms with van der Waals surface area (Å²) in [6.07, 6.45) is 13.3. The Labute approximate surface area is 705 Å². The van der Waals surface area contributed by atoms with Gasteiger partial charge in [0.1, 0.15) is 11.9 Å². The van der Waals surface area contributed by atoms with E-state index in [1.807, 2.05) is 94.5 Å². The number of carbonyl (C=O) groups is 3. The van der Waals surface area contributed by atoms with E-state index in [0.717, 1.165) is 107 Å². The number of nitrogens with one attached hydrogen (secondary N) is 4. The van der Waals surface area contributed by atoms with E-state index in [4.69, 9.17) is 115 Å². The zero-order chi connectivity index (χ0) is 85.9. The van der Waals surface area contributed by atoms with Crippen LogP contribution < -0.4 is 27.4 Å². The Balaban J connectivity index is 0.000000475. The maximum Gasteiger partial charge on any atom is 0.314 e. The largest absolute Gasteiger partial charge is 0.397 e. The summed E-state index contributed by atoms with van der Waals surface area (Å²) in [7, 11) is 76.3. The Kier molecular flexibility index (Phi) is 51.2. The molecule has 10 rings (SSSR count). The molecule has 4 saturated heterocycles. The Morgan fingerprint density at radius 2 is 0.868 bits per heavy atom. The van der Waals surface area contributed by atoms with Crippen LogP contribution in [0.3, 0.4) is 0 Å². The number of carbonyl (C=O) groups excluding carboxylic acids is 3. The third kappa shape index (κ3) is 37.1. The number of imidazole rings is 1. The van der Waals surface area contributed by atoms with Gasteiger partial charge in [0, 0.05) is 189 Å². The molecular weight excluding hydrogens is 1390 g/mol. The molecule has 0 saturated carbocycles. The highest BCUT2D eigenvalue weighted by Crippen LogP contribution is 2.28. The lowest BCUT2D eigenvalue weighted by molar-refractivity contribution is -0.152. The summed E-state index contributed by atoms with van der Waals surface area (Å²) in [5.74, 6) is 4.61. The molecular formula is C71H113B22N17O4. The standard InChI is InChI=1S/C23H32N6.C15H23N5.C15H24N4O.C8H12N2.C4H4O3.3C2H6.B22/c1-15-12-16(2)21-20(13-15)27-22(28-21)19-14-25-23(26-17(19)3)24-9-5-6-18-7-10-29(4)11-8-18;1-12-14(10-16)11-18-15(19-12)17-7-3-4-13-5-8-20(2)9-6-13;1-12-14(11-20)10-17-15(18-12)16-7-3-4-13-5-8-19(2)9-6-13;1-5-3-6(2)8(10)7(9)4-5;5-3-1-2-4(6)7-3;3*1-2;1-13(2)19(14(3)4)22(20(15(5)6)16(7)8)21(17(9)10)18(11)12/h12-14,18H,5-11H2,1-4H3,(H,27,28)(H,24,25,26);11,13H,3-9H2,1-2H3,(H,17,18,19);10-11,13H,3-9H2,1-2H3,(H,16,17,18);3-4H,9-10H2,1-2H3;1-2H2;3*1-2H3;. The number of rotatable bonds is 26. The molecule has 8 heterocycles. The second kappa shape index (κ2) is 56.2. The van der Waals surface area contributed by atoms with Crippen molar-refractivity contribution in [2.24, 2.45) is 17.8 Å². The van der Waals surface area contributed by atoms with Gasteiger partial charge in [0.15, 0.2) is 6.29 Å². The third-order valence-electron chi connectivity index (χ3n) is 20.5. The zero-order valence-electron chi connectivity index (χ0n) is 71.5. The van der Waals surface area contributed by atoms with E-state index in [2.05, 4.69) is 123 Å². The number of likely N-dealkylation sites (tertiary alicyclic amines) is 3. The van der Waals surface area contributed by atoms with Crippen LogP contribution >= 0.6 is 0 Å². The molecule has 0 aliphatic carbocycles.